The maximum atomic E-state index is 11.8. The zero-order chi connectivity index (χ0) is 14.5. The predicted molar refractivity (Wildman–Crippen MR) is 84.2 cm³/mol. The molecule has 0 amide bonds. The average molecular weight is 299 g/mol. The molecule has 0 aliphatic heterocycles. The number of benzene rings is 1. The molecule has 0 fully saturated rings. The summed E-state index contributed by atoms with van der Waals surface area (Å²) in [5.74, 6) is -0.237. The molecule has 1 N–H and O–H groups in total. The van der Waals surface area contributed by atoms with Crippen LogP contribution in [0.2, 0.25) is 0 Å². The number of nitrogens with one attached hydrogen (secondary N) is 1. The highest BCUT2D eigenvalue weighted by Crippen LogP contribution is 2.41. The highest BCUT2D eigenvalue weighted by molar-refractivity contribution is 8.12. The molecular weight excluding hydrogens is 277 g/mol. The smallest absolute Gasteiger partial charge is 0.323 e. The lowest BCUT2D eigenvalue weighted by molar-refractivity contribution is -0.148. The second-order valence-electron chi connectivity index (χ2n) is 5.08. The van der Waals surface area contributed by atoms with Crippen molar-refractivity contribution in [3.8, 4) is 0 Å². The quantitative estimate of drug-likeness (QED) is 0.647. The molecule has 0 aliphatic rings. The van der Waals surface area contributed by atoms with Crippen molar-refractivity contribution in [3.05, 3.63) is 35.9 Å². The van der Waals surface area contributed by atoms with E-state index in [0.717, 1.165) is 6.16 Å². The maximum Gasteiger partial charge on any atom is 0.323 e. The van der Waals surface area contributed by atoms with Crippen LogP contribution in [0, 0.1) is 0 Å². The van der Waals surface area contributed by atoms with Gasteiger partial charge in [-0.15, -0.1) is 0 Å². The summed E-state index contributed by atoms with van der Waals surface area (Å²) < 4.78 is 5.18. The zero-order valence-corrected chi connectivity index (χ0v) is 13.6. The summed E-state index contributed by atoms with van der Waals surface area (Å²) in [6.45, 7) is 7.52. The summed E-state index contributed by atoms with van der Waals surface area (Å²) in [5.41, 5.74) is 1.20. The standard InChI is InChI=1S/C14H22NO2PS/c1-11(2)17-14(16)12(3)15-18(4,19)10-13-8-6-5-7-9-13/h5-9,11-12H,10H2,1-4H3,(H,15,19)/t12-,18?/m1/s1. The van der Waals surface area contributed by atoms with Crippen molar-refractivity contribution < 1.29 is 9.53 Å². The van der Waals surface area contributed by atoms with E-state index in [9.17, 15) is 4.79 Å². The van der Waals surface area contributed by atoms with Crippen molar-refractivity contribution in [1.82, 2.24) is 5.09 Å². The molecule has 0 radical (unpaired) electrons. The van der Waals surface area contributed by atoms with Crippen LogP contribution in [-0.4, -0.2) is 24.8 Å². The fraction of sp³-hybridized carbons (Fsp3) is 0.500. The zero-order valence-electron chi connectivity index (χ0n) is 11.9. The number of ether oxygens (including phenoxy) is 1. The molecule has 106 valence electrons. The van der Waals surface area contributed by atoms with Gasteiger partial charge in [-0.3, -0.25) is 9.88 Å². The lowest BCUT2D eigenvalue weighted by Crippen LogP contribution is -2.34. The van der Waals surface area contributed by atoms with E-state index in [1.54, 1.807) is 6.92 Å². The Morgan fingerprint density at radius 2 is 1.89 bits per heavy atom. The van der Waals surface area contributed by atoms with Gasteiger partial charge in [-0.25, -0.2) is 0 Å². The third-order valence-corrected chi connectivity index (χ3v) is 5.10. The summed E-state index contributed by atoms with van der Waals surface area (Å²) >= 11 is 5.63. The molecule has 5 heteroatoms. The monoisotopic (exact) mass is 299 g/mol. The van der Waals surface area contributed by atoms with Crippen molar-refractivity contribution in [3.63, 3.8) is 0 Å². The molecule has 0 aliphatic carbocycles. The van der Waals surface area contributed by atoms with Crippen LogP contribution in [0.1, 0.15) is 26.3 Å². The Morgan fingerprint density at radius 1 is 1.32 bits per heavy atom. The summed E-state index contributed by atoms with van der Waals surface area (Å²) in [6, 6.07) is 9.75. The summed E-state index contributed by atoms with van der Waals surface area (Å²) in [5, 5.41) is 3.26. The molecule has 0 saturated carbocycles. The van der Waals surface area contributed by atoms with Crippen LogP contribution in [0.15, 0.2) is 30.3 Å². The van der Waals surface area contributed by atoms with E-state index in [-0.39, 0.29) is 18.1 Å². The minimum absolute atomic E-state index is 0.0967. The number of carbonyl (C=O) groups is 1. The Bertz CT molecular complexity index is 462. The van der Waals surface area contributed by atoms with Crippen LogP contribution in [0.5, 0.6) is 0 Å². The van der Waals surface area contributed by atoms with Gasteiger partial charge in [-0.1, -0.05) is 42.1 Å². The van der Waals surface area contributed by atoms with Gasteiger partial charge in [-0.05, 0) is 33.0 Å². The molecule has 1 aromatic carbocycles. The molecule has 0 aromatic heterocycles. The maximum absolute atomic E-state index is 11.8. The van der Waals surface area contributed by atoms with E-state index in [0.29, 0.717) is 0 Å². The Morgan fingerprint density at radius 3 is 2.42 bits per heavy atom. The lowest BCUT2D eigenvalue weighted by Gasteiger charge is -2.23. The summed E-state index contributed by atoms with van der Waals surface area (Å²) in [7, 11) is 0. The van der Waals surface area contributed by atoms with Crippen LogP contribution in [0.4, 0.5) is 0 Å². The van der Waals surface area contributed by atoms with E-state index in [1.807, 2.05) is 38.7 Å². The Kier molecular flexibility index (Phi) is 6.18. The van der Waals surface area contributed by atoms with Crippen molar-refractivity contribution in [2.75, 3.05) is 6.66 Å². The molecule has 0 bridgehead atoms. The Labute approximate surface area is 120 Å². The number of esters is 1. The van der Waals surface area contributed by atoms with E-state index < -0.39 is 6.19 Å². The molecule has 1 rings (SSSR count). The second kappa shape index (κ2) is 7.18. The topological polar surface area (TPSA) is 38.3 Å². The summed E-state index contributed by atoms with van der Waals surface area (Å²) in [6.07, 6.45) is -1.09. The minimum atomic E-state index is -1.79. The molecule has 1 unspecified atom stereocenters. The molecule has 0 saturated heterocycles. The van der Waals surface area contributed by atoms with Crippen molar-refractivity contribution >= 4 is 24.0 Å². The first-order valence-electron chi connectivity index (χ1n) is 6.39. The fourth-order valence-electron chi connectivity index (χ4n) is 1.77. The van der Waals surface area contributed by atoms with Gasteiger partial charge >= 0.3 is 5.97 Å². The van der Waals surface area contributed by atoms with Gasteiger partial charge in [0.2, 0.25) is 0 Å². The first kappa shape index (κ1) is 16.4. The van der Waals surface area contributed by atoms with Crippen molar-refractivity contribution in [1.29, 1.82) is 0 Å². The van der Waals surface area contributed by atoms with Gasteiger partial charge in [0.1, 0.15) is 6.04 Å². The average Bonchev–Trinajstić information content (AvgIpc) is 2.27. The third kappa shape index (κ3) is 6.33. The van der Waals surface area contributed by atoms with Crippen LogP contribution < -0.4 is 5.09 Å². The molecule has 0 heterocycles. The minimum Gasteiger partial charge on any atom is -0.462 e. The molecule has 3 nitrogen and oxygen atoms in total. The molecule has 2 atom stereocenters. The fourth-order valence-corrected chi connectivity index (χ4v) is 4.62. The number of hydrogen-bond donors (Lipinski definition) is 1. The van der Waals surface area contributed by atoms with E-state index >= 15 is 0 Å². The molecular formula is C14H22NO2PS. The molecule has 0 spiro atoms. The van der Waals surface area contributed by atoms with Gasteiger partial charge in [-0.2, -0.15) is 0 Å². The Hall–Kier alpha value is -0.700. The van der Waals surface area contributed by atoms with E-state index in [4.69, 9.17) is 16.5 Å². The highest BCUT2D eigenvalue weighted by Gasteiger charge is 2.21. The van der Waals surface area contributed by atoms with Gasteiger partial charge in [0.05, 0.1) is 6.10 Å². The van der Waals surface area contributed by atoms with Crippen molar-refractivity contribution in [2.24, 2.45) is 0 Å². The van der Waals surface area contributed by atoms with Crippen LogP contribution in [0.25, 0.3) is 0 Å². The first-order valence-corrected chi connectivity index (χ1v) is 9.82. The van der Waals surface area contributed by atoms with Gasteiger partial charge < -0.3 is 4.74 Å². The van der Waals surface area contributed by atoms with Gasteiger partial charge in [0, 0.05) is 12.4 Å². The van der Waals surface area contributed by atoms with Gasteiger partial charge in [0.25, 0.3) is 0 Å². The number of carbonyl (C=O) groups excluding carboxylic acids is 1. The van der Waals surface area contributed by atoms with Crippen LogP contribution in [0.3, 0.4) is 0 Å². The highest BCUT2D eigenvalue weighted by atomic mass is 32.4. The predicted octanol–water partition coefficient (Wildman–Crippen LogP) is 3.14. The third-order valence-electron chi connectivity index (χ3n) is 2.50. The Balaban J connectivity index is 2.59. The van der Waals surface area contributed by atoms with E-state index in [2.05, 4.69) is 17.2 Å². The van der Waals surface area contributed by atoms with Gasteiger partial charge in [0.15, 0.2) is 0 Å². The summed E-state index contributed by atoms with van der Waals surface area (Å²) in [4.78, 5) is 11.8. The normalized spacial score (nSPS) is 15.8. The first-order chi connectivity index (χ1) is 8.80. The SMILES string of the molecule is CC(C)OC(=O)[C@@H](C)NP(C)(=S)Cc1ccccc1. The van der Waals surface area contributed by atoms with Crippen LogP contribution >= 0.6 is 6.19 Å². The van der Waals surface area contributed by atoms with Crippen LogP contribution in [-0.2, 0) is 27.5 Å². The second-order valence-corrected chi connectivity index (χ2v) is 10.3. The van der Waals surface area contributed by atoms with E-state index in [1.165, 1.54) is 5.56 Å². The molecule has 1 aromatic rings. The number of hydrogen-bond acceptors (Lipinski definition) is 3. The lowest BCUT2D eigenvalue weighted by atomic mass is 10.2. The number of rotatable bonds is 6. The van der Waals surface area contributed by atoms with Crippen molar-refractivity contribution in [2.45, 2.75) is 39.1 Å². The largest absolute Gasteiger partial charge is 0.462 e. The molecule has 19 heavy (non-hydrogen) atoms.